The molecule has 4 aromatic heterocycles. The Morgan fingerprint density at radius 3 is 2.78 bits per heavy atom. The van der Waals surface area contributed by atoms with Gasteiger partial charge in [-0.15, -0.1) is 0 Å². The fourth-order valence-corrected chi connectivity index (χ4v) is 3.00. The third kappa shape index (κ3) is 2.58. The highest BCUT2D eigenvalue weighted by Gasteiger charge is 2.12. The second-order valence-electron chi connectivity index (χ2n) is 6.04. The zero-order valence-electron chi connectivity index (χ0n) is 14.1. The Hall–Kier alpha value is -4.12. The number of pyridine rings is 1. The molecule has 0 atom stereocenters. The lowest BCUT2D eigenvalue weighted by molar-refractivity contribution is 0.804. The van der Waals surface area contributed by atoms with Gasteiger partial charge in [0, 0.05) is 12.4 Å². The molecule has 0 radical (unpaired) electrons. The third-order valence-electron chi connectivity index (χ3n) is 4.31. The highest BCUT2D eigenvalue weighted by atomic mass is 15.2. The van der Waals surface area contributed by atoms with Crippen LogP contribution in [0.15, 0.2) is 61.6 Å². The minimum Gasteiger partial charge on any atom is -0.311 e. The van der Waals surface area contributed by atoms with Crippen molar-refractivity contribution in [1.29, 1.82) is 5.26 Å². The number of benzene rings is 1. The van der Waals surface area contributed by atoms with Crippen LogP contribution < -0.4 is 0 Å². The number of nitriles is 1. The summed E-state index contributed by atoms with van der Waals surface area (Å²) in [6, 6.07) is 11.4. The van der Waals surface area contributed by atoms with Gasteiger partial charge in [0.15, 0.2) is 5.65 Å². The van der Waals surface area contributed by atoms with Crippen molar-refractivity contribution in [3.63, 3.8) is 0 Å². The van der Waals surface area contributed by atoms with Gasteiger partial charge in [-0.3, -0.25) is 9.55 Å². The van der Waals surface area contributed by atoms with Crippen LogP contribution >= 0.6 is 0 Å². The average Bonchev–Trinajstić information content (AvgIpc) is 3.32. The van der Waals surface area contributed by atoms with E-state index in [2.05, 4.69) is 31.0 Å². The SMILES string of the molecule is N#Cc1ccc2ncn(-c3ncc4ncn(Cc5cccnc5)c4n3)c2c1. The molecule has 0 saturated heterocycles. The van der Waals surface area contributed by atoms with Crippen molar-refractivity contribution in [2.75, 3.05) is 0 Å². The number of fused-ring (bicyclic) bond motifs is 2. The predicted molar refractivity (Wildman–Crippen MR) is 98.0 cm³/mol. The fraction of sp³-hybridized carbons (Fsp3) is 0.0526. The molecule has 0 amide bonds. The first-order valence-electron chi connectivity index (χ1n) is 8.26. The van der Waals surface area contributed by atoms with Crippen LogP contribution in [0.3, 0.4) is 0 Å². The highest BCUT2D eigenvalue weighted by Crippen LogP contribution is 2.19. The highest BCUT2D eigenvalue weighted by molar-refractivity contribution is 5.79. The number of imidazole rings is 2. The van der Waals surface area contributed by atoms with Crippen molar-refractivity contribution < 1.29 is 0 Å². The number of aromatic nitrogens is 7. The van der Waals surface area contributed by atoms with Gasteiger partial charge < -0.3 is 4.57 Å². The van der Waals surface area contributed by atoms with Gasteiger partial charge in [0.1, 0.15) is 11.8 Å². The van der Waals surface area contributed by atoms with E-state index in [1.807, 2.05) is 29.0 Å². The maximum absolute atomic E-state index is 9.16. The lowest BCUT2D eigenvalue weighted by Gasteiger charge is -2.06. The molecule has 0 aliphatic carbocycles. The molecule has 0 aliphatic heterocycles. The van der Waals surface area contributed by atoms with Crippen molar-refractivity contribution in [2.45, 2.75) is 6.54 Å². The molecule has 0 saturated carbocycles. The van der Waals surface area contributed by atoms with E-state index in [1.165, 1.54) is 0 Å². The van der Waals surface area contributed by atoms with Crippen LogP contribution in [0.4, 0.5) is 0 Å². The number of hydrogen-bond acceptors (Lipinski definition) is 6. The minimum absolute atomic E-state index is 0.480. The molecule has 128 valence electrons. The molecule has 1 aromatic carbocycles. The summed E-state index contributed by atoms with van der Waals surface area (Å²) in [6.07, 6.45) is 8.66. The summed E-state index contributed by atoms with van der Waals surface area (Å²) >= 11 is 0. The summed E-state index contributed by atoms with van der Waals surface area (Å²) in [5.41, 5.74) is 4.62. The van der Waals surface area contributed by atoms with Crippen molar-refractivity contribution >= 4 is 22.2 Å². The monoisotopic (exact) mass is 352 g/mol. The van der Waals surface area contributed by atoms with Gasteiger partial charge in [-0.2, -0.15) is 10.2 Å². The Morgan fingerprint density at radius 1 is 1.00 bits per heavy atom. The predicted octanol–water partition coefficient (Wildman–Crippen LogP) is 2.48. The van der Waals surface area contributed by atoms with Gasteiger partial charge >= 0.3 is 0 Å². The number of hydrogen-bond donors (Lipinski definition) is 0. The lowest BCUT2D eigenvalue weighted by atomic mass is 10.2. The van der Waals surface area contributed by atoms with E-state index in [1.54, 1.807) is 41.7 Å². The molecule has 0 unspecified atom stereocenters. The minimum atomic E-state index is 0.480. The maximum Gasteiger partial charge on any atom is 0.237 e. The van der Waals surface area contributed by atoms with Gasteiger partial charge in [-0.25, -0.2) is 15.0 Å². The molecule has 0 aliphatic rings. The fourth-order valence-electron chi connectivity index (χ4n) is 3.00. The molecule has 4 heterocycles. The van der Waals surface area contributed by atoms with Crippen LogP contribution in [0.5, 0.6) is 0 Å². The van der Waals surface area contributed by atoms with E-state index in [0.717, 1.165) is 22.2 Å². The van der Waals surface area contributed by atoms with E-state index in [4.69, 9.17) is 5.26 Å². The first kappa shape index (κ1) is 15.2. The smallest absolute Gasteiger partial charge is 0.237 e. The standard InChI is InChI=1S/C19H12N8/c20-7-13-3-4-15-17(6-13)27(12-24-15)19-22-9-16-18(25-19)26(11-23-16)10-14-2-1-5-21-8-14/h1-6,8-9,11-12H,10H2. The molecule has 0 spiro atoms. The Balaban J connectivity index is 1.63. The van der Waals surface area contributed by atoms with Crippen molar-refractivity contribution in [3.05, 3.63) is 72.7 Å². The quantitative estimate of drug-likeness (QED) is 0.495. The Morgan fingerprint density at radius 2 is 1.93 bits per heavy atom. The summed E-state index contributed by atoms with van der Waals surface area (Å²) in [4.78, 5) is 22.0. The summed E-state index contributed by atoms with van der Waals surface area (Å²) in [7, 11) is 0. The molecule has 0 bridgehead atoms. The van der Waals surface area contributed by atoms with Gasteiger partial charge in [-0.1, -0.05) is 6.07 Å². The second kappa shape index (κ2) is 6.00. The molecule has 27 heavy (non-hydrogen) atoms. The van der Waals surface area contributed by atoms with Crippen molar-refractivity contribution in [2.24, 2.45) is 0 Å². The van der Waals surface area contributed by atoms with Crippen LogP contribution in [-0.4, -0.2) is 34.1 Å². The molecule has 0 N–H and O–H groups in total. The van der Waals surface area contributed by atoms with E-state index in [9.17, 15) is 0 Å². The first-order chi connectivity index (χ1) is 13.3. The van der Waals surface area contributed by atoms with E-state index >= 15 is 0 Å². The molecule has 8 heteroatoms. The zero-order chi connectivity index (χ0) is 18.2. The van der Waals surface area contributed by atoms with Gasteiger partial charge in [0.2, 0.25) is 5.95 Å². The van der Waals surface area contributed by atoms with Crippen molar-refractivity contribution in [1.82, 2.24) is 34.1 Å². The van der Waals surface area contributed by atoms with Crippen molar-refractivity contribution in [3.8, 4) is 12.0 Å². The van der Waals surface area contributed by atoms with Gasteiger partial charge in [0.05, 0.1) is 41.7 Å². The molecule has 8 nitrogen and oxygen atoms in total. The summed E-state index contributed by atoms with van der Waals surface area (Å²) in [6.45, 7) is 0.615. The second-order valence-corrected chi connectivity index (χ2v) is 6.04. The van der Waals surface area contributed by atoms with Crippen LogP contribution in [-0.2, 0) is 6.54 Å². The molecule has 5 rings (SSSR count). The maximum atomic E-state index is 9.16. The Bertz CT molecular complexity index is 1310. The number of rotatable bonds is 3. The Labute approximate surface area is 153 Å². The zero-order valence-corrected chi connectivity index (χ0v) is 14.1. The third-order valence-corrected chi connectivity index (χ3v) is 4.31. The van der Waals surface area contributed by atoms with Crippen LogP contribution in [0.1, 0.15) is 11.1 Å². The van der Waals surface area contributed by atoms with Crippen LogP contribution in [0.25, 0.3) is 28.1 Å². The van der Waals surface area contributed by atoms with Crippen LogP contribution in [0, 0.1) is 11.3 Å². The summed E-state index contributed by atoms with van der Waals surface area (Å²) in [5.74, 6) is 0.480. The normalized spacial score (nSPS) is 11.1. The number of nitrogens with zero attached hydrogens (tertiary/aromatic N) is 8. The molecule has 5 aromatic rings. The lowest BCUT2D eigenvalue weighted by Crippen LogP contribution is -2.04. The molecular formula is C19H12N8. The van der Waals surface area contributed by atoms with E-state index in [0.29, 0.717) is 23.6 Å². The largest absolute Gasteiger partial charge is 0.311 e. The average molecular weight is 352 g/mol. The van der Waals surface area contributed by atoms with Crippen LogP contribution in [0.2, 0.25) is 0 Å². The molecular weight excluding hydrogens is 340 g/mol. The molecule has 0 fully saturated rings. The van der Waals surface area contributed by atoms with Gasteiger partial charge in [0.25, 0.3) is 0 Å². The van der Waals surface area contributed by atoms with E-state index in [-0.39, 0.29) is 0 Å². The Kier molecular flexibility index (Phi) is 3.37. The first-order valence-corrected chi connectivity index (χ1v) is 8.26. The summed E-state index contributed by atoms with van der Waals surface area (Å²) < 4.78 is 3.73. The summed E-state index contributed by atoms with van der Waals surface area (Å²) in [5, 5.41) is 9.16. The topological polar surface area (TPSA) is 98.1 Å². The van der Waals surface area contributed by atoms with Gasteiger partial charge in [-0.05, 0) is 29.8 Å². The van der Waals surface area contributed by atoms with E-state index < -0.39 is 0 Å².